The molecular formula is C13H19N3O3. The van der Waals surface area contributed by atoms with Gasteiger partial charge in [0.1, 0.15) is 17.4 Å². The minimum Gasteiger partial charge on any atom is -0.444 e. The fraction of sp³-hybridized carbons (Fsp3) is 0.538. The van der Waals surface area contributed by atoms with Crippen molar-refractivity contribution in [2.45, 2.75) is 20.8 Å². The van der Waals surface area contributed by atoms with Gasteiger partial charge in [0.25, 0.3) is 0 Å². The summed E-state index contributed by atoms with van der Waals surface area (Å²) in [6, 6.07) is 2.02. The van der Waals surface area contributed by atoms with Gasteiger partial charge in [0.2, 0.25) is 11.8 Å². The summed E-state index contributed by atoms with van der Waals surface area (Å²) in [5, 5.41) is 20.5. The normalized spacial score (nSPS) is 10.5. The van der Waals surface area contributed by atoms with Crippen molar-refractivity contribution < 1.29 is 14.3 Å². The zero-order valence-corrected chi connectivity index (χ0v) is 11.5. The third-order valence-corrected chi connectivity index (χ3v) is 2.98. The number of likely N-dealkylation sites (N-methyl/N-ethyl adjacent to an activating group) is 1. The van der Waals surface area contributed by atoms with Crippen LogP contribution >= 0.6 is 0 Å². The summed E-state index contributed by atoms with van der Waals surface area (Å²) in [7, 11) is 0. The molecule has 0 saturated heterocycles. The molecule has 0 radical (unpaired) electrons. The van der Waals surface area contributed by atoms with E-state index in [1.165, 1.54) is 0 Å². The van der Waals surface area contributed by atoms with Crippen LogP contribution in [-0.4, -0.2) is 42.2 Å². The predicted octanol–water partition coefficient (Wildman–Crippen LogP) is 1.02. The van der Waals surface area contributed by atoms with E-state index >= 15 is 0 Å². The summed E-state index contributed by atoms with van der Waals surface area (Å²) in [5.41, 5.74) is 1.09. The van der Waals surface area contributed by atoms with Gasteiger partial charge in [-0.1, -0.05) is 6.92 Å². The maximum Gasteiger partial charge on any atom is 0.240 e. The van der Waals surface area contributed by atoms with Crippen LogP contribution in [0, 0.1) is 25.2 Å². The lowest BCUT2D eigenvalue weighted by Gasteiger charge is -2.17. The van der Waals surface area contributed by atoms with Crippen LogP contribution in [0.4, 0.5) is 5.88 Å². The Bertz CT molecular complexity index is 488. The Morgan fingerprint density at radius 3 is 2.74 bits per heavy atom. The molecule has 1 aromatic rings. The van der Waals surface area contributed by atoms with Crippen LogP contribution in [0.2, 0.25) is 0 Å². The summed E-state index contributed by atoms with van der Waals surface area (Å²) in [6.45, 7) is 6.68. The fourth-order valence-corrected chi connectivity index (χ4v) is 1.71. The van der Waals surface area contributed by atoms with E-state index in [4.69, 9.17) is 14.8 Å². The second kappa shape index (κ2) is 6.92. The fourth-order valence-electron chi connectivity index (χ4n) is 1.71. The van der Waals surface area contributed by atoms with Crippen LogP contribution in [0.1, 0.15) is 23.8 Å². The second-order valence-corrected chi connectivity index (χ2v) is 4.24. The number of amides is 1. The summed E-state index contributed by atoms with van der Waals surface area (Å²) in [4.78, 5) is 13.6. The molecule has 1 aromatic heterocycles. The molecule has 0 aliphatic rings. The van der Waals surface area contributed by atoms with Gasteiger partial charge in [0, 0.05) is 12.1 Å². The summed E-state index contributed by atoms with van der Waals surface area (Å²) in [5.74, 6) is 0.553. The SMILES string of the molecule is CCN(CCO)CC(=O)Nc1oc(C)c(C)c1C#N. The lowest BCUT2D eigenvalue weighted by atomic mass is 10.2. The van der Waals surface area contributed by atoms with Crippen LogP contribution < -0.4 is 5.32 Å². The minimum atomic E-state index is -0.263. The molecule has 0 unspecified atom stereocenters. The number of carbonyl (C=O) groups is 1. The second-order valence-electron chi connectivity index (χ2n) is 4.24. The number of anilines is 1. The highest BCUT2D eigenvalue weighted by Crippen LogP contribution is 2.25. The highest BCUT2D eigenvalue weighted by molar-refractivity contribution is 5.92. The van der Waals surface area contributed by atoms with Crippen molar-refractivity contribution in [3.8, 4) is 6.07 Å². The Kier molecular flexibility index (Phi) is 5.55. The standard InChI is InChI=1S/C13H19N3O3/c1-4-16(5-6-17)8-12(18)15-13-11(7-14)9(2)10(3)19-13/h17H,4-6,8H2,1-3H3,(H,15,18). The predicted molar refractivity (Wildman–Crippen MR) is 70.7 cm³/mol. The maximum atomic E-state index is 11.8. The molecule has 0 aliphatic carbocycles. The van der Waals surface area contributed by atoms with Crippen molar-refractivity contribution in [1.82, 2.24) is 4.90 Å². The number of carbonyl (C=O) groups excluding carboxylic acids is 1. The molecule has 104 valence electrons. The number of nitriles is 1. The van der Waals surface area contributed by atoms with E-state index in [1.54, 1.807) is 18.7 Å². The zero-order valence-electron chi connectivity index (χ0n) is 11.5. The average Bonchev–Trinajstić information content (AvgIpc) is 2.63. The molecule has 0 saturated carbocycles. The quantitative estimate of drug-likeness (QED) is 0.801. The van der Waals surface area contributed by atoms with Gasteiger partial charge in [-0.2, -0.15) is 5.26 Å². The molecule has 19 heavy (non-hydrogen) atoms. The summed E-state index contributed by atoms with van der Waals surface area (Å²) >= 11 is 0. The van der Waals surface area contributed by atoms with E-state index in [-0.39, 0.29) is 24.9 Å². The number of hydrogen-bond donors (Lipinski definition) is 2. The first kappa shape index (κ1) is 15.2. The first-order valence-electron chi connectivity index (χ1n) is 6.16. The molecule has 1 amide bonds. The van der Waals surface area contributed by atoms with Gasteiger partial charge < -0.3 is 9.52 Å². The molecular weight excluding hydrogens is 246 g/mol. The van der Waals surface area contributed by atoms with Gasteiger partial charge in [-0.05, 0) is 20.4 Å². The van der Waals surface area contributed by atoms with E-state index in [0.29, 0.717) is 24.4 Å². The van der Waals surface area contributed by atoms with Crippen LogP contribution in [-0.2, 0) is 4.79 Å². The minimum absolute atomic E-state index is 0.00351. The number of furan rings is 1. The van der Waals surface area contributed by atoms with Gasteiger partial charge in [-0.3, -0.25) is 15.0 Å². The van der Waals surface area contributed by atoms with Gasteiger partial charge in [0.15, 0.2) is 0 Å². The van der Waals surface area contributed by atoms with E-state index < -0.39 is 0 Å². The van der Waals surface area contributed by atoms with Gasteiger partial charge in [-0.25, -0.2) is 0 Å². The Morgan fingerprint density at radius 1 is 1.53 bits per heavy atom. The van der Waals surface area contributed by atoms with Crippen molar-refractivity contribution in [2.75, 3.05) is 31.6 Å². The number of nitrogens with one attached hydrogen (secondary N) is 1. The molecule has 6 heteroatoms. The smallest absolute Gasteiger partial charge is 0.240 e. The van der Waals surface area contributed by atoms with Gasteiger partial charge in [0.05, 0.1) is 13.2 Å². The van der Waals surface area contributed by atoms with Crippen molar-refractivity contribution in [2.24, 2.45) is 0 Å². The van der Waals surface area contributed by atoms with Crippen molar-refractivity contribution in [3.05, 3.63) is 16.9 Å². The Balaban J connectivity index is 2.72. The summed E-state index contributed by atoms with van der Waals surface area (Å²) in [6.07, 6.45) is 0. The van der Waals surface area contributed by atoms with Crippen molar-refractivity contribution in [3.63, 3.8) is 0 Å². The number of nitrogens with zero attached hydrogens (tertiary/aromatic N) is 2. The van der Waals surface area contributed by atoms with Crippen LogP contribution in [0.25, 0.3) is 0 Å². The third kappa shape index (κ3) is 3.81. The van der Waals surface area contributed by atoms with Gasteiger partial charge >= 0.3 is 0 Å². The number of rotatable bonds is 6. The molecule has 6 nitrogen and oxygen atoms in total. The average molecular weight is 265 g/mol. The van der Waals surface area contributed by atoms with Gasteiger partial charge in [-0.15, -0.1) is 0 Å². The number of aliphatic hydroxyl groups excluding tert-OH is 1. The van der Waals surface area contributed by atoms with Crippen LogP contribution in [0.15, 0.2) is 4.42 Å². The molecule has 0 atom stereocenters. The molecule has 0 aromatic carbocycles. The van der Waals surface area contributed by atoms with Crippen molar-refractivity contribution in [1.29, 1.82) is 5.26 Å². The van der Waals surface area contributed by atoms with E-state index in [0.717, 1.165) is 5.56 Å². The van der Waals surface area contributed by atoms with Crippen LogP contribution in [0.5, 0.6) is 0 Å². The zero-order chi connectivity index (χ0) is 14.4. The third-order valence-electron chi connectivity index (χ3n) is 2.98. The Morgan fingerprint density at radius 2 is 2.21 bits per heavy atom. The van der Waals surface area contributed by atoms with Crippen LogP contribution in [0.3, 0.4) is 0 Å². The molecule has 1 heterocycles. The van der Waals surface area contributed by atoms with E-state index in [9.17, 15) is 4.79 Å². The molecule has 2 N–H and O–H groups in total. The van der Waals surface area contributed by atoms with E-state index in [1.807, 2.05) is 13.0 Å². The Hall–Kier alpha value is -1.84. The lowest BCUT2D eigenvalue weighted by Crippen LogP contribution is -2.35. The number of aryl methyl sites for hydroxylation is 1. The van der Waals surface area contributed by atoms with Crippen molar-refractivity contribution >= 4 is 11.8 Å². The topological polar surface area (TPSA) is 89.5 Å². The summed E-state index contributed by atoms with van der Waals surface area (Å²) < 4.78 is 5.36. The lowest BCUT2D eigenvalue weighted by molar-refractivity contribution is -0.117. The molecule has 0 fully saturated rings. The molecule has 1 rings (SSSR count). The monoisotopic (exact) mass is 265 g/mol. The number of aliphatic hydroxyl groups is 1. The first-order chi connectivity index (χ1) is 9.03. The highest BCUT2D eigenvalue weighted by Gasteiger charge is 2.17. The highest BCUT2D eigenvalue weighted by atomic mass is 16.4. The Labute approximate surface area is 112 Å². The molecule has 0 bridgehead atoms. The molecule has 0 spiro atoms. The molecule has 0 aliphatic heterocycles. The van der Waals surface area contributed by atoms with E-state index in [2.05, 4.69) is 5.32 Å². The number of hydrogen-bond acceptors (Lipinski definition) is 5. The maximum absolute atomic E-state index is 11.8. The first-order valence-corrected chi connectivity index (χ1v) is 6.16. The largest absolute Gasteiger partial charge is 0.444 e.